The minimum atomic E-state index is 0.0700. The second kappa shape index (κ2) is 6.10. The highest BCUT2D eigenvalue weighted by Crippen LogP contribution is 2.20. The topological polar surface area (TPSA) is 38.5 Å². The van der Waals surface area contributed by atoms with Crippen LogP contribution in [0.3, 0.4) is 0 Å². The van der Waals surface area contributed by atoms with Gasteiger partial charge in [0.2, 0.25) is 0 Å². The Morgan fingerprint density at radius 3 is 2.21 bits per heavy atom. The third-order valence-electron chi connectivity index (χ3n) is 5.79. The van der Waals surface area contributed by atoms with Crippen LogP contribution in [0.2, 0.25) is 0 Å². The predicted molar refractivity (Wildman–Crippen MR) is 94.8 cm³/mol. The molecule has 3 aliphatic heterocycles. The Morgan fingerprint density at radius 1 is 1.04 bits per heavy atom. The first-order chi connectivity index (χ1) is 11.6. The maximum atomic E-state index is 12.6. The van der Waals surface area contributed by atoms with Crippen LogP contribution in [-0.4, -0.2) is 36.2 Å². The second-order valence-corrected chi connectivity index (χ2v) is 7.37. The van der Waals surface area contributed by atoms with Crippen LogP contribution >= 0.6 is 0 Å². The normalized spacial score (nSPS) is 25.7. The lowest BCUT2D eigenvalue weighted by Crippen LogP contribution is -3.17. The first-order valence-electron chi connectivity index (χ1n) is 9.01. The van der Waals surface area contributed by atoms with Gasteiger partial charge in [0.25, 0.3) is 5.91 Å². The summed E-state index contributed by atoms with van der Waals surface area (Å²) in [5.41, 5.74) is 4.28. The molecule has 0 saturated carbocycles. The summed E-state index contributed by atoms with van der Waals surface area (Å²) in [6.07, 6.45) is 2.51. The number of fused-ring (bicyclic) bond motifs is 3. The van der Waals surface area contributed by atoms with Crippen LogP contribution in [-0.2, 0) is 0 Å². The maximum absolute atomic E-state index is 12.6. The van der Waals surface area contributed by atoms with E-state index < -0.39 is 0 Å². The van der Waals surface area contributed by atoms with Crippen molar-refractivity contribution in [1.82, 2.24) is 9.88 Å². The Balaban J connectivity index is 1.48. The molecule has 0 spiro atoms. The second-order valence-electron chi connectivity index (χ2n) is 7.37. The van der Waals surface area contributed by atoms with Gasteiger partial charge in [0.1, 0.15) is 0 Å². The molecule has 3 aliphatic rings. The molecule has 24 heavy (non-hydrogen) atoms. The van der Waals surface area contributed by atoms with Gasteiger partial charge in [0.05, 0.1) is 25.7 Å². The molecule has 5 rings (SSSR count). The van der Waals surface area contributed by atoms with Crippen molar-refractivity contribution in [2.75, 3.05) is 19.6 Å². The van der Waals surface area contributed by atoms with E-state index in [0.717, 1.165) is 17.8 Å². The van der Waals surface area contributed by atoms with Crippen molar-refractivity contribution in [3.63, 3.8) is 0 Å². The fraction of sp³-hybridized carbons (Fsp3) is 0.450. The quantitative estimate of drug-likeness (QED) is 0.882. The molecular formula is C20H26N3O+. The largest absolute Gasteiger partial charge is 0.343 e. The van der Waals surface area contributed by atoms with Gasteiger partial charge in [-0.05, 0) is 56.2 Å². The average Bonchev–Trinajstić information content (AvgIpc) is 2.95. The summed E-state index contributed by atoms with van der Waals surface area (Å²) in [5, 5.41) is 3.28. The summed E-state index contributed by atoms with van der Waals surface area (Å²) >= 11 is 0. The van der Waals surface area contributed by atoms with Gasteiger partial charge in [-0.3, -0.25) is 4.79 Å². The molecule has 0 aliphatic carbocycles. The van der Waals surface area contributed by atoms with Gasteiger partial charge in [-0.25, -0.2) is 0 Å². The number of piperidine rings is 3. The molecule has 1 amide bonds. The number of aryl methyl sites for hydroxylation is 2. The zero-order valence-corrected chi connectivity index (χ0v) is 14.5. The van der Waals surface area contributed by atoms with Crippen molar-refractivity contribution in [3.05, 3.63) is 53.3 Å². The van der Waals surface area contributed by atoms with Crippen LogP contribution in [0.4, 0.5) is 0 Å². The van der Waals surface area contributed by atoms with Crippen molar-refractivity contribution in [2.45, 2.75) is 32.7 Å². The highest BCUT2D eigenvalue weighted by molar-refractivity contribution is 5.94. The van der Waals surface area contributed by atoms with E-state index >= 15 is 0 Å². The molecule has 4 heteroatoms. The Kier molecular flexibility index (Phi) is 3.93. The summed E-state index contributed by atoms with van der Waals surface area (Å²) in [6, 6.07) is 12.5. The molecular weight excluding hydrogens is 298 g/mol. The number of nitrogens with one attached hydrogen (secondary N) is 2. The standard InChI is InChI=1S/C20H25N3O/c1-14-3-4-15(2)23(14)18-7-5-17(6-8-18)20(24)21-19-13-22-11-9-16(19)10-12-22/h3-8,16,19H,9-13H2,1-2H3,(H,21,24)/p+1/t19-/m0/s1. The molecule has 4 nitrogen and oxygen atoms in total. The van der Waals surface area contributed by atoms with Crippen LogP contribution in [0.15, 0.2) is 36.4 Å². The number of carbonyl (C=O) groups is 1. The van der Waals surface area contributed by atoms with Gasteiger partial charge >= 0.3 is 0 Å². The van der Waals surface area contributed by atoms with Gasteiger partial charge in [-0.1, -0.05) is 0 Å². The summed E-state index contributed by atoms with van der Waals surface area (Å²) in [7, 11) is 0. The van der Waals surface area contributed by atoms with Gasteiger partial charge in [0.15, 0.2) is 0 Å². The molecule has 4 heterocycles. The number of nitrogens with zero attached hydrogens (tertiary/aromatic N) is 1. The number of rotatable bonds is 3. The smallest absolute Gasteiger partial charge is 0.251 e. The molecule has 3 saturated heterocycles. The summed E-state index contributed by atoms with van der Waals surface area (Å²) in [6.45, 7) is 7.85. The Labute approximate surface area is 143 Å². The minimum absolute atomic E-state index is 0.0700. The lowest BCUT2D eigenvalue weighted by molar-refractivity contribution is -0.917. The van der Waals surface area contributed by atoms with E-state index in [1.54, 1.807) is 4.90 Å². The Morgan fingerprint density at radius 2 is 1.67 bits per heavy atom. The number of aromatic nitrogens is 1. The van der Waals surface area contributed by atoms with E-state index in [2.05, 4.69) is 35.9 Å². The fourth-order valence-corrected chi connectivity index (χ4v) is 4.39. The molecule has 1 aromatic heterocycles. The molecule has 2 bridgehead atoms. The van der Waals surface area contributed by atoms with Gasteiger partial charge in [-0.2, -0.15) is 0 Å². The van der Waals surface area contributed by atoms with E-state index in [1.165, 1.54) is 37.3 Å². The van der Waals surface area contributed by atoms with E-state index in [1.807, 2.05) is 24.3 Å². The van der Waals surface area contributed by atoms with E-state index in [9.17, 15) is 4.79 Å². The van der Waals surface area contributed by atoms with Crippen LogP contribution < -0.4 is 10.2 Å². The maximum Gasteiger partial charge on any atom is 0.251 e. The van der Waals surface area contributed by atoms with Crippen molar-refractivity contribution in [2.24, 2.45) is 5.92 Å². The number of benzene rings is 1. The zero-order chi connectivity index (χ0) is 16.7. The molecule has 3 fully saturated rings. The van der Waals surface area contributed by atoms with Crippen molar-refractivity contribution in [3.8, 4) is 5.69 Å². The van der Waals surface area contributed by atoms with Crippen molar-refractivity contribution < 1.29 is 9.69 Å². The van der Waals surface area contributed by atoms with Crippen LogP contribution in [0.25, 0.3) is 5.69 Å². The van der Waals surface area contributed by atoms with Crippen molar-refractivity contribution in [1.29, 1.82) is 0 Å². The molecule has 0 radical (unpaired) electrons. The molecule has 0 unspecified atom stereocenters. The van der Waals surface area contributed by atoms with Crippen LogP contribution in [0, 0.1) is 19.8 Å². The summed E-state index contributed by atoms with van der Waals surface area (Å²) in [4.78, 5) is 14.2. The molecule has 126 valence electrons. The molecule has 2 N–H and O–H groups in total. The van der Waals surface area contributed by atoms with Gasteiger partial charge in [-0.15, -0.1) is 0 Å². The van der Waals surface area contributed by atoms with Crippen LogP contribution in [0.1, 0.15) is 34.6 Å². The lowest BCUT2D eigenvalue weighted by Gasteiger charge is -2.42. The first kappa shape index (κ1) is 15.5. The van der Waals surface area contributed by atoms with Gasteiger partial charge in [0, 0.05) is 35.5 Å². The van der Waals surface area contributed by atoms with E-state index in [4.69, 9.17) is 0 Å². The zero-order valence-electron chi connectivity index (χ0n) is 14.5. The SMILES string of the molecule is Cc1ccc(C)n1-c1ccc(C(=O)N[C@H]2C[NH+]3CCC2CC3)cc1. The number of quaternary nitrogens is 1. The number of hydrogen-bond donors (Lipinski definition) is 2. The summed E-state index contributed by atoms with van der Waals surface area (Å²) < 4.78 is 2.21. The molecule has 1 atom stereocenters. The Hall–Kier alpha value is -2.07. The fourth-order valence-electron chi connectivity index (χ4n) is 4.39. The third kappa shape index (κ3) is 2.75. The number of carbonyl (C=O) groups excluding carboxylic acids is 1. The van der Waals surface area contributed by atoms with Crippen molar-refractivity contribution >= 4 is 5.91 Å². The predicted octanol–water partition coefficient (Wildman–Crippen LogP) is 1.50. The number of amides is 1. The highest BCUT2D eigenvalue weighted by Gasteiger charge is 2.38. The first-order valence-corrected chi connectivity index (χ1v) is 9.01. The van der Waals surface area contributed by atoms with E-state index in [-0.39, 0.29) is 5.91 Å². The molecule has 2 aromatic rings. The average molecular weight is 324 g/mol. The molecule has 1 aromatic carbocycles. The Bertz CT molecular complexity index is 719. The van der Waals surface area contributed by atoms with E-state index in [0.29, 0.717) is 12.0 Å². The number of hydrogen-bond acceptors (Lipinski definition) is 1. The monoisotopic (exact) mass is 324 g/mol. The van der Waals surface area contributed by atoms with Gasteiger partial charge < -0.3 is 14.8 Å². The van der Waals surface area contributed by atoms with Crippen LogP contribution in [0.5, 0.6) is 0 Å². The lowest BCUT2D eigenvalue weighted by atomic mass is 9.84. The summed E-state index contributed by atoms with van der Waals surface area (Å²) in [5.74, 6) is 0.747. The minimum Gasteiger partial charge on any atom is -0.343 e. The third-order valence-corrected chi connectivity index (χ3v) is 5.79. The highest BCUT2D eigenvalue weighted by atomic mass is 16.1.